The number of carbonyl (C=O) groups excluding carboxylic acids is 1. The van der Waals surface area contributed by atoms with Crippen LogP contribution in [-0.4, -0.2) is 41.6 Å². The SMILES string of the molecule is O=C(O)c1ccc(Br)cc1OCC(=O)N1CCCCC1. The van der Waals surface area contributed by atoms with Crippen LogP contribution in [-0.2, 0) is 4.79 Å². The Morgan fingerprint density at radius 2 is 1.95 bits per heavy atom. The topological polar surface area (TPSA) is 66.8 Å². The maximum Gasteiger partial charge on any atom is 0.339 e. The summed E-state index contributed by atoms with van der Waals surface area (Å²) in [5.41, 5.74) is 0.0552. The van der Waals surface area contributed by atoms with E-state index in [0.29, 0.717) is 4.47 Å². The standard InChI is InChI=1S/C14H16BrNO4/c15-10-4-5-11(14(18)19)12(8-10)20-9-13(17)16-6-2-1-3-7-16/h4-5,8H,1-3,6-7,9H2,(H,18,19). The third kappa shape index (κ3) is 3.72. The normalized spacial score (nSPS) is 14.9. The smallest absolute Gasteiger partial charge is 0.339 e. The molecular weight excluding hydrogens is 326 g/mol. The number of amides is 1. The van der Waals surface area contributed by atoms with E-state index in [0.717, 1.165) is 32.4 Å². The molecule has 1 aliphatic heterocycles. The van der Waals surface area contributed by atoms with E-state index in [-0.39, 0.29) is 23.8 Å². The van der Waals surface area contributed by atoms with Gasteiger partial charge in [0, 0.05) is 17.6 Å². The molecule has 0 radical (unpaired) electrons. The van der Waals surface area contributed by atoms with Gasteiger partial charge in [0.1, 0.15) is 11.3 Å². The number of hydrogen-bond donors (Lipinski definition) is 1. The first-order valence-corrected chi connectivity index (χ1v) is 7.30. The zero-order chi connectivity index (χ0) is 14.5. The van der Waals surface area contributed by atoms with E-state index in [1.54, 1.807) is 17.0 Å². The summed E-state index contributed by atoms with van der Waals surface area (Å²) in [7, 11) is 0. The molecule has 0 bridgehead atoms. The third-order valence-electron chi connectivity index (χ3n) is 3.23. The van der Waals surface area contributed by atoms with Gasteiger partial charge in [-0.1, -0.05) is 15.9 Å². The Morgan fingerprint density at radius 1 is 1.25 bits per heavy atom. The van der Waals surface area contributed by atoms with Crippen LogP contribution in [0.1, 0.15) is 29.6 Å². The predicted octanol–water partition coefficient (Wildman–Crippen LogP) is 2.54. The maximum absolute atomic E-state index is 12.0. The molecule has 1 aromatic carbocycles. The number of carboxylic acid groups (broad SMARTS) is 1. The minimum atomic E-state index is -1.07. The summed E-state index contributed by atoms with van der Waals surface area (Å²) in [6.45, 7) is 1.38. The number of nitrogens with zero attached hydrogens (tertiary/aromatic N) is 1. The van der Waals surface area contributed by atoms with Crippen LogP contribution in [0, 0.1) is 0 Å². The van der Waals surface area contributed by atoms with Crippen molar-refractivity contribution in [1.82, 2.24) is 4.90 Å². The van der Waals surface area contributed by atoms with E-state index < -0.39 is 5.97 Å². The Balaban J connectivity index is 2.01. The molecule has 1 aliphatic rings. The molecule has 108 valence electrons. The summed E-state index contributed by atoms with van der Waals surface area (Å²) in [5, 5.41) is 9.08. The van der Waals surface area contributed by atoms with Crippen LogP contribution in [0.25, 0.3) is 0 Å². The lowest BCUT2D eigenvalue weighted by atomic mass is 10.1. The number of carboxylic acids is 1. The molecule has 0 unspecified atom stereocenters. The van der Waals surface area contributed by atoms with Gasteiger partial charge in [-0.3, -0.25) is 4.79 Å². The highest BCUT2D eigenvalue weighted by molar-refractivity contribution is 9.10. The van der Waals surface area contributed by atoms with Crippen LogP contribution in [0.5, 0.6) is 5.75 Å². The molecule has 1 N–H and O–H groups in total. The van der Waals surface area contributed by atoms with Crippen molar-refractivity contribution in [3.8, 4) is 5.75 Å². The number of ether oxygens (including phenoxy) is 1. The number of halogens is 1. The second-order valence-electron chi connectivity index (χ2n) is 4.68. The van der Waals surface area contributed by atoms with Crippen molar-refractivity contribution < 1.29 is 19.4 Å². The van der Waals surface area contributed by atoms with Crippen LogP contribution < -0.4 is 4.74 Å². The number of benzene rings is 1. The van der Waals surface area contributed by atoms with E-state index in [1.165, 1.54) is 6.07 Å². The van der Waals surface area contributed by atoms with Gasteiger partial charge in [-0.25, -0.2) is 4.79 Å². The maximum atomic E-state index is 12.0. The first kappa shape index (κ1) is 14.8. The number of hydrogen-bond acceptors (Lipinski definition) is 3. The molecule has 5 nitrogen and oxygen atoms in total. The number of aromatic carboxylic acids is 1. The molecule has 6 heteroatoms. The van der Waals surface area contributed by atoms with Gasteiger partial charge in [0.05, 0.1) is 0 Å². The van der Waals surface area contributed by atoms with Gasteiger partial charge in [-0.15, -0.1) is 0 Å². The van der Waals surface area contributed by atoms with Gasteiger partial charge in [0.25, 0.3) is 5.91 Å². The molecule has 1 fully saturated rings. The number of likely N-dealkylation sites (tertiary alicyclic amines) is 1. The summed E-state index contributed by atoms with van der Waals surface area (Å²) < 4.78 is 6.10. The molecule has 1 heterocycles. The Kier molecular flexibility index (Phi) is 5.00. The van der Waals surface area contributed by atoms with Crippen LogP contribution in [0.3, 0.4) is 0 Å². The number of piperidine rings is 1. The molecule has 2 rings (SSSR count). The monoisotopic (exact) mass is 341 g/mol. The van der Waals surface area contributed by atoms with E-state index in [4.69, 9.17) is 9.84 Å². The number of rotatable bonds is 4. The summed E-state index contributed by atoms with van der Waals surface area (Å²) in [6.07, 6.45) is 3.19. The lowest BCUT2D eigenvalue weighted by Crippen LogP contribution is -2.38. The number of carbonyl (C=O) groups is 2. The lowest BCUT2D eigenvalue weighted by molar-refractivity contribution is -0.134. The minimum absolute atomic E-state index is 0.0552. The lowest BCUT2D eigenvalue weighted by Gasteiger charge is -2.26. The summed E-state index contributed by atoms with van der Waals surface area (Å²) in [4.78, 5) is 24.8. The van der Waals surface area contributed by atoms with Gasteiger partial charge in [0.15, 0.2) is 6.61 Å². The first-order valence-electron chi connectivity index (χ1n) is 6.51. The van der Waals surface area contributed by atoms with Crippen LogP contribution in [0.4, 0.5) is 0 Å². The minimum Gasteiger partial charge on any atom is -0.483 e. The van der Waals surface area contributed by atoms with Gasteiger partial charge in [0.2, 0.25) is 0 Å². The van der Waals surface area contributed by atoms with Crippen molar-refractivity contribution in [1.29, 1.82) is 0 Å². The average Bonchev–Trinajstić information content (AvgIpc) is 2.45. The van der Waals surface area contributed by atoms with Crippen molar-refractivity contribution in [3.63, 3.8) is 0 Å². The van der Waals surface area contributed by atoms with Gasteiger partial charge < -0.3 is 14.7 Å². The highest BCUT2D eigenvalue weighted by Gasteiger charge is 2.18. The average molecular weight is 342 g/mol. The molecule has 0 saturated carbocycles. The van der Waals surface area contributed by atoms with Crippen molar-refractivity contribution >= 4 is 27.8 Å². The van der Waals surface area contributed by atoms with E-state index in [2.05, 4.69) is 15.9 Å². The summed E-state index contributed by atoms with van der Waals surface area (Å²) in [6, 6.07) is 4.64. The molecule has 0 spiro atoms. The van der Waals surface area contributed by atoms with Gasteiger partial charge >= 0.3 is 5.97 Å². The third-order valence-corrected chi connectivity index (χ3v) is 3.73. The molecule has 20 heavy (non-hydrogen) atoms. The summed E-state index contributed by atoms with van der Waals surface area (Å²) in [5.74, 6) is -0.962. The van der Waals surface area contributed by atoms with Crippen LogP contribution in [0.15, 0.2) is 22.7 Å². The fourth-order valence-electron chi connectivity index (χ4n) is 2.17. The zero-order valence-corrected chi connectivity index (χ0v) is 12.6. The highest BCUT2D eigenvalue weighted by atomic mass is 79.9. The highest BCUT2D eigenvalue weighted by Crippen LogP contribution is 2.24. The first-order chi connectivity index (χ1) is 9.58. The molecule has 0 aromatic heterocycles. The molecular formula is C14H16BrNO4. The van der Waals surface area contributed by atoms with Crippen molar-refractivity contribution in [2.45, 2.75) is 19.3 Å². The Bertz CT molecular complexity index is 512. The Morgan fingerprint density at radius 3 is 2.60 bits per heavy atom. The second-order valence-corrected chi connectivity index (χ2v) is 5.59. The van der Waals surface area contributed by atoms with Gasteiger partial charge in [-0.05, 0) is 37.5 Å². The molecule has 0 atom stereocenters. The van der Waals surface area contributed by atoms with Crippen molar-refractivity contribution in [3.05, 3.63) is 28.2 Å². The van der Waals surface area contributed by atoms with E-state index in [1.807, 2.05) is 0 Å². The van der Waals surface area contributed by atoms with Crippen molar-refractivity contribution in [2.75, 3.05) is 19.7 Å². The summed E-state index contributed by atoms with van der Waals surface area (Å²) >= 11 is 3.26. The zero-order valence-electron chi connectivity index (χ0n) is 11.0. The Hall–Kier alpha value is -1.56. The molecule has 1 aromatic rings. The fourth-order valence-corrected chi connectivity index (χ4v) is 2.51. The van der Waals surface area contributed by atoms with E-state index in [9.17, 15) is 9.59 Å². The largest absolute Gasteiger partial charge is 0.483 e. The quantitative estimate of drug-likeness (QED) is 0.913. The van der Waals surface area contributed by atoms with E-state index >= 15 is 0 Å². The molecule has 1 saturated heterocycles. The predicted molar refractivity (Wildman–Crippen MR) is 77.0 cm³/mol. The fraction of sp³-hybridized carbons (Fsp3) is 0.429. The second kappa shape index (κ2) is 6.74. The van der Waals surface area contributed by atoms with Crippen LogP contribution in [0.2, 0.25) is 0 Å². The molecule has 1 amide bonds. The Labute approximate surface area is 125 Å². The van der Waals surface area contributed by atoms with Crippen LogP contribution >= 0.6 is 15.9 Å². The van der Waals surface area contributed by atoms with Crippen molar-refractivity contribution in [2.24, 2.45) is 0 Å². The molecule has 0 aliphatic carbocycles. The van der Waals surface area contributed by atoms with Gasteiger partial charge in [-0.2, -0.15) is 0 Å².